The van der Waals surface area contributed by atoms with E-state index >= 15 is 0 Å². The van der Waals surface area contributed by atoms with Crippen LogP contribution >= 0.6 is 0 Å². The normalized spacial score (nSPS) is 12.6. The Bertz CT molecular complexity index is 3750. The first-order chi connectivity index (χ1) is 33.2. The lowest BCUT2D eigenvalue weighted by atomic mass is 9.68. The molecule has 67 heavy (non-hydrogen) atoms. The zero-order valence-corrected chi connectivity index (χ0v) is 36.7. The van der Waals surface area contributed by atoms with Crippen LogP contribution in [-0.4, -0.2) is 0 Å². The van der Waals surface area contributed by atoms with Gasteiger partial charge in [0.15, 0.2) is 0 Å². The van der Waals surface area contributed by atoms with E-state index in [-0.39, 0.29) is 0 Å². The zero-order chi connectivity index (χ0) is 44.3. The quantitative estimate of drug-likeness (QED) is 0.151. The van der Waals surface area contributed by atoms with Crippen molar-refractivity contribution in [3.8, 4) is 44.5 Å². The van der Waals surface area contributed by atoms with Gasteiger partial charge in [-0.05, 0) is 109 Å². The summed E-state index contributed by atoms with van der Waals surface area (Å²) in [6, 6.07) is 95.0. The van der Waals surface area contributed by atoms with Crippen molar-refractivity contribution in [3.63, 3.8) is 0 Å². The highest BCUT2D eigenvalue weighted by atomic mass is 16.3. The summed E-state index contributed by atoms with van der Waals surface area (Å²) in [5.41, 5.74) is 18.9. The topological polar surface area (TPSA) is 16.4 Å². The maximum absolute atomic E-state index is 6.61. The van der Waals surface area contributed by atoms with E-state index < -0.39 is 5.41 Å². The summed E-state index contributed by atoms with van der Waals surface area (Å²) >= 11 is 0. The van der Waals surface area contributed by atoms with Gasteiger partial charge in [-0.15, -0.1) is 0 Å². The van der Waals surface area contributed by atoms with E-state index in [1.807, 2.05) is 6.07 Å². The van der Waals surface area contributed by atoms with Crippen LogP contribution in [0.25, 0.3) is 77.2 Å². The molecule has 2 heteroatoms. The molecule has 1 aromatic heterocycles. The number of furan rings is 1. The molecule has 0 atom stereocenters. The van der Waals surface area contributed by atoms with Gasteiger partial charge in [0.2, 0.25) is 0 Å². The largest absolute Gasteiger partial charge is 0.455 e. The molecule has 0 bridgehead atoms. The minimum Gasteiger partial charge on any atom is -0.455 e. The molecule has 0 spiro atoms. The van der Waals surface area contributed by atoms with E-state index in [4.69, 9.17) is 4.42 Å². The highest BCUT2D eigenvalue weighted by Crippen LogP contribution is 2.59. The van der Waals surface area contributed by atoms with Gasteiger partial charge in [-0.1, -0.05) is 218 Å². The number of fused-ring (bicyclic) bond motifs is 7. The summed E-state index contributed by atoms with van der Waals surface area (Å²) in [7, 11) is 0. The van der Waals surface area contributed by atoms with Crippen LogP contribution in [0.1, 0.15) is 22.3 Å². The highest BCUT2D eigenvalue weighted by molar-refractivity contribution is 6.10. The monoisotopic (exact) mass is 853 g/mol. The lowest BCUT2D eigenvalue weighted by molar-refractivity contribution is 0.670. The predicted octanol–water partition coefficient (Wildman–Crippen LogP) is 17.6. The average molecular weight is 854 g/mol. The van der Waals surface area contributed by atoms with E-state index in [0.29, 0.717) is 0 Å². The van der Waals surface area contributed by atoms with Gasteiger partial charge >= 0.3 is 0 Å². The molecular formula is C65H43NO. The Hall–Kier alpha value is -8.72. The molecule has 0 saturated carbocycles. The molecule has 0 radical (unpaired) electrons. The minimum absolute atomic E-state index is 0.530. The molecule has 314 valence electrons. The number of para-hydroxylation sites is 2. The Morgan fingerprint density at radius 3 is 1.67 bits per heavy atom. The molecule has 13 rings (SSSR count). The van der Waals surface area contributed by atoms with E-state index in [9.17, 15) is 0 Å². The van der Waals surface area contributed by atoms with Gasteiger partial charge in [-0.25, -0.2) is 0 Å². The molecule has 0 unspecified atom stereocenters. The SMILES string of the molecule is c1ccc(C2(c3ccccc3)c3ccccc3-c3c(N(c4ccc(-c5ccc(-c6ccc7ccccc7c6)cc5)cc4)c4cccc(-c5cccc6c5oc5ccccc56)c4)cccc32)cc1. The third-order valence-electron chi connectivity index (χ3n) is 13.9. The second-order valence-electron chi connectivity index (χ2n) is 17.6. The Balaban J connectivity index is 0.985. The summed E-state index contributed by atoms with van der Waals surface area (Å²) in [6.45, 7) is 0. The van der Waals surface area contributed by atoms with E-state index in [1.54, 1.807) is 0 Å². The molecule has 0 saturated heterocycles. The molecule has 0 aliphatic heterocycles. The van der Waals surface area contributed by atoms with Gasteiger partial charge in [0.1, 0.15) is 11.2 Å². The fourth-order valence-electron chi connectivity index (χ4n) is 10.9. The van der Waals surface area contributed by atoms with E-state index in [1.165, 1.54) is 60.8 Å². The van der Waals surface area contributed by atoms with E-state index in [0.717, 1.165) is 55.7 Å². The van der Waals surface area contributed by atoms with Gasteiger partial charge in [0.05, 0.1) is 11.1 Å². The molecule has 0 fully saturated rings. The molecule has 0 N–H and O–H groups in total. The van der Waals surface area contributed by atoms with Crippen LogP contribution in [0.2, 0.25) is 0 Å². The van der Waals surface area contributed by atoms with Crippen LogP contribution in [0.3, 0.4) is 0 Å². The number of anilines is 3. The van der Waals surface area contributed by atoms with Crippen molar-refractivity contribution in [3.05, 3.63) is 283 Å². The van der Waals surface area contributed by atoms with Gasteiger partial charge in [0.25, 0.3) is 0 Å². The fraction of sp³-hybridized carbons (Fsp3) is 0.0154. The zero-order valence-electron chi connectivity index (χ0n) is 36.7. The molecule has 1 aliphatic carbocycles. The van der Waals surface area contributed by atoms with Crippen molar-refractivity contribution < 1.29 is 4.42 Å². The number of hydrogen-bond acceptors (Lipinski definition) is 2. The van der Waals surface area contributed by atoms with E-state index in [2.05, 4.69) is 260 Å². The second kappa shape index (κ2) is 15.8. The Labute approximate surface area is 390 Å². The molecule has 1 heterocycles. The smallest absolute Gasteiger partial charge is 0.143 e. The third kappa shape index (κ3) is 6.26. The highest BCUT2D eigenvalue weighted by Gasteiger charge is 2.47. The van der Waals surface area contributed by atoms with Gasteiger partial charge in [-0.3, -0.25) is 0 Å². The number of benzene rings is 11. The first-order valence-electron chi connectivity index (χ1n) is 23.1. The van der Waals surface area contributed by atoms with Crippen LogP contribution in [-0.2, 0) is 5.41 Å². The van der Waals surface area contributed by atoms with Crippen molar-refractivity contribution in [2.45, 2.75) is 5.41 Å². The molecule has 1 aliphatic rings. The summed E-state index contributed by atoms with van der Waals surface area (Å²) in [6.07, 6.45) is 0. The lowest BCUT2D eigenvalue weighted by Crippen LogP contribution is -2.28. The van der Waals surface area contributed by atoms with Crippen LogP contribution in [0.15, 0.2) is 265 Å². The summed E-state index contributed by atoms with van der Waals surface area (Å²) in [4.78, 5) is 2.45. The maximum atomic E-state index is 6.61. The minimum atomic E-state index is -0.530. The van der Waals surface area contributed by atoms with Crippen molar-refractivity contribution >= 4 is 49.8 Å². The van der Waals surface area contributed by atoms with Gasteiger partial charge in [0, 0.05) is 33.3 Å². The Morgan fingerprint density at radius 2 is 0.896 bits per heavy atom. The first-order valence-corrected chi connectivity index (χ1v) is 23.1. The summed E-state index contributed by atoms with van der Waals surface area (Å²) in [5, 5.41) is 4.75. The number of nitrogens with zero attached hydrogens (tertiary/aromatic N) is 1. The fourth-order valence-corrected chi connectivity index (χ4v) is 10.9. The van der Waals surface area contributed by atoms with Crippen molar-refractivity contribution in [1.82, 2.24) is 0 Å². The standard InChI is InChI=1S/C65H43NO/c1-3-19-51(20-4-1)65(52-21-5-2-6-22-52)59-28-11-9-25-58(59)63-60(65)29-15-30-61(63)66(54-23-13-18-50(43-54)55-26-14-27-57-56-24-10-12-31-62(56)67-64(55)57)53-40-38-46(39-41-53)45-32-34-47(35-33-45)49-37-36-44-16-7-8-17-48(44)42-49/h1-43H. The van der Waals surface area contributed by atoms with Crippen LogP contribution in [0.4, 0.5) is 17.1 Å². The van der Waals surface area contributed by atoms with Crippen LogP contribution < -0.4 is 4.90 Å². The molecular weight excluding hydrogens is 811 g/mol. The molecule has 12 aromatic rings. The van der Waals surface area contributed by atoms with Gasteiger partial charge in [-0.2, -0.15) is 0 Å². The Morgan fingerprint density at radius 1 is 0.328 bits per heavy atom. The van der Waals surface area contributed by atoms with Crippen molar-refractivity contribution in [2.24, 2.45) is 0 Å². The van der Waals surface area contributed by atoms with Crippen molar-refractivity contribution in [2.75, 3.05) is 4.90 Å². The van der Waals surface area contributed by atoms with Crippen LogP contribution in [0, 0.1) is 0 Å². The molecule has 2 nitrogen and oxygen atoms in total. The molecule has 11 aromatic carbocycles. The number of rotatable bonds is 8. The lowest BCUT2D eigenvalue weighted by Gasteiger charge is -2.34. The van der Waals surface area contributed by atoms with Gasteiger partial charge < -0.3 is 9.32 Å². The molecule has 0 amide bonds. The van der Waals surface area contributed by atoms with Crippen molar-refractivity contribution in [1.29, 1.82) is 0 Å². The predicted molar refractivity (Wildman–Crippen MR) is 280 cm³/mol. The third-order valence-corrected chi connectivity index (χ3v) is 13.9. The summed E-state index contributed by atoms with van der Waals surface area (Å²) in [5.74, 6) is 0. The Kier molecular flexibility index (Phi) is 9.11. The summed E-state index contributed by atoms with van der Waals surface area (Å²) < 4.78 is 6.61. The second-order valence-corrected chi connectivity index (χ2v) is 17.6. The first kappa shape index (κ1) is 38.7. The average Bonchev–Trinajstić information content (AvgIpc) is 3.94. The van der Waals surface area contributed by atoms with Crippen LogP contribution in [0.5, 0.6) is 0 Å². The maximum Gasteiger partial charge on any atom is 0.143 e. The number of hydrogen-bond donors (Lipinski definition) is 0.